The summed E-state index contributed by atoms with van der Waals surface area (Å²) in [7, 11) is 0. The van der Waals surface area contributed by atoms with Crippen LogP contribution >= 0.6 is 12.4 Å². The quantitative estimate of drug-likeness (QED) is 0.824. The maximum Gasteiger partial charge on any atom is 0.338 e. The van der Waals surface area contributed by atoms with Crippen molar-refractivity contribution >= 4 is 18.4 Å². The Morgan fingerprint density at radius 1 is 1.31 bits per heavy atom. The predicted molar refractivity (Wildman–Crippen MR) is 64.7 cm³/mol. The fourth-order valence-corrected chi connectivity index (χ4v) is 1.77. The van der Waals surface area contributed by atoms with Gasteiger partial charge in [0, 0.05) is 6.04 Å². The van der Waals surface area contributed by atoms with Gasteiger partial charge in [0.1, 0.15) is 0 Å². The van der Waals surface area contributed by atoms with Crippen LogP contribution in [0.25, 0.3) is 0 Å². The summed E-state index contributed by atoms with van der Waals surface area (Å²) in [6.07, 6.45) is 1.95. The van der Waals surface area contributed by atoms with Crippen LogP contribution in [-0.4, -0.2) is 18.6 Å². The highest BCUT2D eigenvalue weighted by atomic mass is 35.5. The molecule has 0 radical (unpaired) electrons. The number of esters is 1. The van der Waals surface area contributed by atoms with E-state index in [4.69, 9.17) is 10.5 Å². The maximum atomic E-state index is 11.5. The third-order valence-electron chi connectivity index (χ3n) is 2.73. The van der Waals surface area contributed by atoms with Crippen LogP contribution in [0.1, 0.15) is 23.2 Å². The van der Waals surface area contributed by atoms with Gasteiger partial charge in [-0.1, -0.05) is 18.2 Å². The minimum Gasteiger partial charge on any atom is -0.462 e. The average molecular weight is 242 g/mol. The lowest BCUT2D eigenvalue weighted by Crippen LogP contribution is -2.38. The van der Waals surface area contributed by atoms with E-state index in [-0.39, 0.29) is 18.4 Å². The van der Waals surface area contributed by atoms with Crippen LogP contribution in [0.2, 0.25) is 0 Å². The third-order valence-corrected chi connectivity index (χ3v) is 2.73. The number of hydrogen-bond acceptors (Lipinski definition) is 3. The molecule has 4 heteroatoms. The Bertz CT molecular complexity index is 336. The molecule has 0 atom stereocenters. The second-order valence-electron chi connectivity index (χ2n) is 4.06. The number of halogens is 1. The molecule has 0 unspecified atom stereocenters. The highest BCUT2D eigenvalue weighted by Crippen LogP contribution is 2.25. The zero-order valence-electron chi connectivity index (χ0n) is 8.96. The van der Waals surface area contributed by atoms with Gasteiger partial charge in [-0.25, -0.2) is 4.79 Å². The summed E-state index contributed by atoms with van der Waals surface area (Å²) in [6.45, 7) is 0.501. The van der Waals surface area contributed by atoms with E-state index >= 15 is 0 Å². The van der Waals surface area contributed by atoms with E-state index in [0.29, 0.717) is 24.1 Å². The summed E-state index contributed by atoms with van der Waals surface area (Å²) in [5, 5.41) is 0. The van der Waals surface area contributed by atoms with Crippen molar-refractivity contribution in [3.63, 3.8) is 0 Å². The summed E-state index contributed by atoms with van der Waals surface area (Å²) < 4.78 is 5.19. The largest absolute Gasteiger partial charge is 0.462 e. The van der Waals surface area contributed by atoms with E-state index in [9.17, 15) is 4.79 Å². The van der Waals surface area contributed by atoms with Crippen molar-refractivity contribution in [3.05, 3.63) is 35.9 Å². The van der Waals surface area contributed by atoms with Crippen molar-refractivity contribution < 1.29 is 9.53 Å². The molecule has 3 nitrogen and oxygen atoms in total. The molecule has 1 aromatic rings. The molecule has 1 aliphatic rings. The SMILES string of the molecule is Cl.NC1CC(COC(=O)c2ccccc2)C1. The normalized spacial score (nSPS) is 22.8. The predicted octanol–water partition coefficient (Wildman–Crippen LogP) is 2.00. The maximum absolute atomic E-state index is 11.5. The molecule has 0 amide bonds. The van der Waals surface area contributed by atoms with Gasteiger partial charge in [0.25, 0.3) is 0 Å². The summed E-state index contributed by atoms with van der Waals surface area (Å²) in [4.78, 5) is 11.5. The Kier molecular flexibility index (Phi) is 4.77. The molecule has 1 aromatic carbocycles. The molecule has 2 N–H and O–H groups in total. The molecule has 2 rings (SSSR count). The Labute approximate surface area is 101 Å². The van der Waals surface area contributed by atoms with Crippen LogP contribution in [0, 0.1) is 5.92 Å². The van der Waals surface area contributed by atoms with Crippen LogP contribution < -0.4 is 5.73 Å². The molecule has 1 aliphatic carbocycles. The van der Waals surface area contributed by atoms with E-state index in [2.05, 4.69) is 0 Å². The van der Waals surface area contributed by atoms with Crippen molar-refractivity contribution in [1.82, 2.24) is 0 Å². The van der Waals surface area contributed by atoms with Gasteiger partial charge in [-0.2, -0.15) is 0 Å². The minimum absolute atomic E-state index is 0. The number of ether oxygens (including phenoxy) is 1. The van der Waals surface area contributed by atoms with E-state index in [0.717, 1.165) is 12.8 Å². The molecule has 88 valence electrons. The van der Waals surface area contributed by atoms with Gasteiger partial charge in [-0.05, 0) is 30.9 Å². The molecule has 0 saturated heterocycles. The molecule has 0 spiro atoms. The smallest absolute Gasteiger partial charge is 0.338 e. The van der Waals surface area contributed by atoms with Crippen LogP contribution in [0.5, 0.6) is 0 Å². The van der Waals surface area contributed by atoms with Gasteiger partial charge in [0.2, 0.25) is 0 Å². The third kappa shape index (κ3) is 3.22. The minimum atomic E-state index is -0.240. The van der Waals surface area contributed by atoms with Crippen molar-refractivity contribution in [2.75, 3.05) is 6.61 Å². The monoisotopic (exact) mass is 241 g/mol. The van der Waals surface area contributed by atoms with Crippen LogP contribution in [0.4, 0.5) is 0 Å². The Morgan fingerprint density at radius 2 is 1.94 bits per heavy atom. The molecule has 0 bridgehead atoms. The van der Waals surface area contributed by atoms with Crippen molar-refractivity contribution in [1.29, 1.82) is 0 Å². The van der Waals surface area contributed by atoms with E-state index in [1.807, 2.05) is 18.2 Å². The first kappa shape index (κ1) is 13.0. The lowest BCUT2D eigenvalue weighted by atomic mass is 9.82. The number of carbonyl (C=O) groups is 1. The second-order valence-corrected chi connectivity index (χ2v) is 4.06. The molecule has 0 heterocycles. The lowest BCUT2D eigenvalue weighted by Gasteiger charge is -2.31. The van der Waals surface area contributed by atoms with E-state index in [1.165, 1.54) is 0 Å². The Balaban J connectivity index is 0.00000128. The fourth-order valence-electron chi connectivity index (χ4n) is 1.77. The summed E-state index contributed by atoms with van der Waals surface area (Å²) in [5.41, 5.74) is 6.26. The summed E-state index contributed by atoms with van der Waals surface area (Å²) in [6, 6.07) is 9.36. The van der Waals surface area contributed by atoms with Gasteiger partial charge >= 0.3 is 5.97 Å². The zero-order valence-corrected chi connectivity index (χ0v) is 9.78. The number of carbonyl (C=O) groups excluding carboxylic acids is 1. The highest BCUT2D eigenvalue weighted by Gasteiger charge is 2.26. The number of rotatable bonds is 3. The molecule has 1 fully saturated rings. The molecule has 0 aromatic heterocycles. The average Bonchev–Trinajstić information content (AvgIpc) is 2.23. The number of nitrogens with two attached hydrogens (primary N) is 1. The topological polar surface area (TPSA) is 52.3 Å². The first-order valence-electron chi connectivity index (χ1n) is 5.23. The molecular formula is C12H16ClNO2. The number of hydrogen-bond donors (Lipinski definition) is 1. The van der Waals surface area contributed by atoms with Gasteiger partial charge in [-0.15, -0.1) is 12.4 Å². The van der Waals surface area contributed by atoms with E-state index < -0.39 is 0 Å². The zero-order chi connectivity index (χ0) is 10.7. The van der Waals surface area contributed by atoms with Crippen LogP contribution in [0.15, 0.2) is 30.3 Å². The van der Waals surface area contributed by atoms with Crippen molar-refractivity contribution in [2.24, 2.45) is 11.7 Å². The number of benzene rings is 1. The molecule has 1 saturated carbocycles. The summed E-state index contributed by atoms with van der Waals surface area (Å²) >= 11 is 0. The van der Waals surface area contributed by atoms with Gasteiger partial charge < -0.3 is 10.5 Å². The molecule has 0 aliphatic heterocycles. The first-order chi connectivity index (χ1) is 7.25. The van der Waals surface area contributed by atoms with Crippen molar-refractivity contribution in [3.8, 4) is 0 Å². The van der Waals surface area contributed by atoms with Gasteiger partial charge in [-0.3, -0.25) is 0 Å². The lowest BCUT2D eigenvalue weighted by molar-refractivity contribution is 0.0348. The van der Waals surface area contributed by atoms with Crippen LogP contribution in [-0.2, 0) is 4.74 Å². The molecular weight excluding hydrogens is 226 g/mol. The van der Waals surface area contributed by atoms with Crippen molar-refractivity contribution in [2.45, 2.75) is 18.9 Å². The standard InChI is InChI=1S/C12H15NO2.ClH/c13-11-6-9(7-11)8-15-12(14)10-4-2-1-3-5-10;/h1-5,9,11H,6-8,13H2;1H. The Morgan fingerprint density at radius 3 is 2.50 bits per heavy atom. The molecule has 16 heavy (non-hydrogen) atoms. The highest BCUT2D eigenvalue weighted by molar-refractivity contribution is 5.89. The van der Waals surface area contributed by atoms with Crippen LogP contribution in [0.3, 0.4) is 0 Å². The first-order valence-corrected chi connectivity index (χ1v) is 5.23. The fraction of sp³-hybridized carbons (Fsp3) is 0.417. The van der Waals surface area contributed by atoms with E-state index in [1.54, 1.807) is 12.1 Å². The van der Waals surface area contributed by atoms with Gasteiger partial charge in [0.05, 0.1) is 12.2 Å². The second kappa shape index (κ2) is 5.87. The summed E-state index contributed by atoms with van der Waals surface area (Å²) in [5.74, 6) is 0.226. The Hall–Kier alpha value is -1.06. The van der Waals surface area contributed by atoms with Gasteiger partial charge in [0.15, 0.2) is 0 Å².